The number of thioether (sulfide) groups is 1. The maximum atomic E-state index is 12.7. The number of hydrogen-bond acceptors (Lipinski definition) is 4. The van der Waals surface area contributed by atoms with Gasteiger partial charge in [-0.1, -0.05) is 0 Å². The van der Waals surface area contributed by atoms with Gasteiger partial charge in [0.25, 0.3) is 0 Å². The maximum absolute atomic E-state index is 12.7. The molecule has 0 radical (unpaired) electrons. The third kappa shape index (κ3) is 4.18. The van der Waals surface area contributed by atoms with Gasteiger partial charge in [0.15, 0.2) is 5.54 Å². The molecular formula is C14H16FNO4S. The van der Waals surface area contributed by atoms with Crippen molar-refractivity contribution < 1.29 is 23.8 Å². The van der Waals surface area contributed by atoms with Gasteiger partial charge in [0, 0.05) is 30.1 Å². The average Bonchev–Trinajstić information content (AvgIpc) is 2.91. The first kappa shape index (κ1) is 15.8. The van der Waals surface area contributed by atoms with Crippen LogP contribution in [0.25, 0.3) is 0 Å². The van der Waals surface area contributed by atoms with Crippen molar-refractivity contribution >= 4 is 23.6 Å². The number of carbonyl (C=O) groups excluding carboxylic acids is 1. The fraction of sp³-hybridized carbons (Fsp3) is 0.429. The molecular weight excluding hydrogens is 297 g/mol. The van der Waals surface area contributed by atoms with Gasteiger partial charge in [0.05, 0.1) is 6.61 Å². The van der Waals surface area contributed by atoms with Gasteiger partial charge in [-0.15, -0.1) is 11.8 Å². The summed E-state index contributed by atoms with van der Waals surface area (Å²) in [6.07, 6.45) is 0.469. The van der Waals surface area contributed by atoms with E-state index in [1.807, 2.05) is 0 Å². The summed E-state index contributed by atoms with van der Waals surface area (Å²) in [7, 11) is 0. The smallest absolute Gasteiger partial charge is 0.331 e. The molecule has 1 aromatic rings. The second-order valence-corrected chi connectivity index (χ2v) is 5.96. The zero-order valence-corrected chi connectivity index (χ0v) is 12.1. The van der Waals surface area contributed by atoms with Crippen LogP contribution in [-0.4, -0.2) is 41.5 Å². The highest BCUT2D eigenvalue weighted by Crippen LogP contribution is 2.21. The third-order valence-corrected chi connectivity index (χ3v) is 4.23. The Labute approximate surface area is 125 Å². The van der Waals surface area contributed by atoms with Crippen molar-refractivity contribution in [1.82, 2.24) is 5.32 Å². The lowest BCUT2D eigenvalue weighted by Gasteiger charge is -2.23. The summed E-state index contributed by atoms with van der Waals surface area (Å²) < 4.78 is 17.8. The summed E-state index contributed by atoms with van der Waals surface area (Å²) >= 11 is 1.42. The molecule has 0 saturated carbocycles. The predicted octanol–water partition coefficient (Wildman–Crippen LogP) is 1.67. The molecule has 5 nitrogen and oxygen atoms in total. The zero-order chi connectivity index (χ0) is 15.3. The topological polar surface area (TPSA) is 75.6 Å². The molecule has 1 unspecified atom stereocenters. The van der Waals surface area contributed by atoms with Crippen LogP contribution in [0.15, 0.2) is 29.2 Å². The van der Waals surface area contributed by atoms with Gasteiger partial charge in [-0.3, -0.25) is 4.79 Å². The Balaban J connectivity index is 1.79. The van der Waals surface area contributed by atoms with Gasteiger partial charge in [-0.25, -0.2) is 9.18 Å². The Bertz CT molecular complexity index is 514. The molecule has 1 atom stereocenters. The number of rotatable bonds is 6. The number of carboxylic acid groups (broad SMARTS) is 1. The fourth-order valence-corrected chi connectivity index (χ4v) is 2.86. The summed E-state index contributed by atoms with van der Waals surface area (Å²) in [5.41, 5.74) is -1.29. The number of carbonyl (C=O) groups is 2. The Morgan fingerprint density at radius 2 is 2.10 bits per heavy atom. The first-order valence-corrected chi connectivity index (χ1v) is 7.51. The number of halogens is 1. The van der Waals surface area contributed by atoms with Crippen LogP contribution in [0.1, 0.15) is 12.8 Å². The Morgan fingerprint density at radius 3 is 2.67 bits per heavy atom. The van der Waals surface area contributed by atoms with E-state index >= 15 is 0 Å². The number of nitrogens with one attached hydrogen (secondary N) is 1. The van der Waals surface area contributed by atoms with Crippen molar-refractivity contribution in [3.63, 3.8) is 0 Å². The van der Waals surface area contributed by atoms with Gasteiger partial charge >= 0.3 is 5.97 Å². The summed E-state index contributed by atoms with van der Waals surface area (Å²) in [6.45, 7) is 0.329. The van der Waals surface area contributed by atoms with Crippen molar-refractivity contribution in [3.8, 4) is 0 Å². The predicted molar refractivity (Wildman–Crippen MR) is 75.7 cm³/mol. The molecule has 2 rings (SSSR count). The first-order chi connectivity index (χ1) is 10.0. The van der Waals surface area contributed by atoms with Crippen LogP contribution in [0, 0.1) is 5.82 Å². The van der Waals surface area contributed by atoms with Crippen molar-refractivity contribution in [3.05, 3.63) is 30.1 Å². The van der Waals surface area contributed by atoms with E-state index in [1.165, 1.54) is 23.9 Å². The van der Waals surface area contributed by atoms with Crippen LogP contribution in [0.5, 0.6) is 0 Å². The number of hydrogen-bond donors (Lipinski definition) is 2. The molecule has 0 aromatic heterocycles. The second-order valence-electron chi connectivity index (χ2n) is 4.79. The quantitative estimate of drug-likeness (QED) is 0.781. The summed E-state index contributed by atoms with van der Waals surface area (Å²) in [5, 5.41) is 11.8. The normalized spacial score (nSPS) is 21.2. The van der Waals surface area contributed by atoms with Crippen LogP contribution < -0.4 is 5.32 Å². The number of amides is 1. The van der Waals surface area contributed by atoms with E-state index in [1.54, 1.807) is 12.1 Å². The minimum Gasteiger partial charge on any atom is -0.479 e. The van der Waals surface area contributed by atoms with Gasteiger partial charge in [-0.05, 0) is 24.3 Å². The van der Waals surface area contributed by atoms with Gasteiger partial charge < -0.3 is 15.2 Å². The standard InChI is InChI=1S/C14H16FNO4S/c15-10-1-3-11(4-2-10)21-8-5-12(17)16-14(13(18)19)6-7-20-9-14/h1-4H,5-9H2,(H,16,17)(H,18,19). The molecule has 0 bridgehead atoms. The average molecular weight is 313 g/mol. The number of carboxylic acids is 1. The summed E-state index contributed by atoms with van der Waals surface area (Å²) in [4.78, 5) is 24.0. The lowest BCUT2D eigenvalue weighted by molar-refractivity contribution is -0.147. The molecule has 21 heavy (non-hydrogen) atoms. The molecule has 7 heteroatoms. The molecule has 0 spiro atoms. The molecule has 1 heterocycles. The monoisotopic (exact) mass is 313 g/mol. The van der Waals surface area contributed by atoms with Crippen LogP contribution in [-0.2, 0) is 14.3 Å². The largest absolute Gasteiger partial charge is 0.479 e. The van der Waals surface area contributed by atoms with Crippen molar-refractivity contribution in [1.29, 1.82) is 0 Å². The van der Waals surface area contributed by atoms with E-state index in [0.29, 0.717) is 12.4 Å². The van der Waals surface area contributed by atoms with Crippen LogP contribution in [0.2, 0.25) is 0 Å². The Kier molecular flexibility index (Phi) is 5.19. The van der Waals surface area contributed by atoms with Crippen molar-refractivity contribution in [2.75, 3.05) is 19.0 Å². The molecule has 1 amide bonds. The molecule has 1 aromatic carbocycles. The highest BCUT2D eigenvalue weighted by Gasteiger charge is 2.43. The van der Waals surface area contributed by atoms with E-state index in [2.05, 4.69) is 5.32 Å². The number of ether oxygens (including phenoxy) is 1. The zero-order valence-electron chi connectivity index (χ0n) is 11.3. The summed E-state index contributed by atoms with van der Waals surface area (Å²) in [5.74, 6) is -1.20. The molecule has 0 aliphatic carbocycles. The van der Waals surface area contributed by atoms with Crippen LogP contribution >= 0.6 is 11.8 Å². The molecule has 1 fully saturated rings. The highest BCUT2D eigenvalue weighted by atomic mass is 32.2. The molecule has 2 N–H and O–H groups in total. The van der Waals surface area contributed by atoms with E-state index in [4.69, 9.17) is 4.74 Å². The van der Waals surface area contributed by atoms with Crippen LogP contribution in [0.3, 0.4) is 0 Å². The number of aliphatic carboxylic acids is 1. The minimum absolute atomic E-state index is 0.000815. The molecule has 1 aliphatic rings. The van der Waals surface area contributed by atoms with Gasteiger partial charge in [0.1, 0.15) is 5.82 Å². The van der Waals surface area contributed by atoms with Gasteiger partial charge in [-0.2, -0.15) is 0 Å². The van der Waals surface area contributed by atoms with Crippen molar-refractivity contribution in [2.45, 2.75) is 23.3 Å². The summed E-state index contributed by atoms with van der Waals surface area (Å²) in [6, 6.07) is 6.00. The molecule has 1 saturated heterocycles. The maximum Gasteiger partial charge on any atom is 0.331 e. The first-order valence-electron chi connectivity index (χ1n) is 6.52. The Hall–Kier alpha value is -1.60. The van der Waals surface area contributed by atoms with Crippen LogP contribution in [0.4, 0.5) is 4.39 Å². The number of benzene rings is 1. The fourth-order valence-electron chi connectivity index (χ4n) is 2.01. The minimum atomic E-state index is -1.29. The highest BCUT2D eigenvalue weighted by molar-refractivity contribution is 7.99. The second kappa shape index (κ2) is 6.91. The lowest BCUT2D eigenvalue weighted by atomic mass is 9.99. The van der Waals surface area contributed by atoms with E-state index in [0.717, 1.165) is 4.90 Å². The molecule has 1 aliphatic heterocycles. The molecule has 114 valence electrons. The lowest BCUT2D eigenvalue weighted by Crippen LogP contribution is -2.55. The van der Waals surface area contributed by atoms with Crippen molar-refractivity contribution in [2.24, 2.45) is 0 Å². The van der Waals surface area contributed by atoms with E-state index in [9.17, 15) is 19.1 Å². The third-order valence-electron chi connectivity index (χ3n) is 3.22. The Morgan fingerprint density at radius 1 is 1.38 bits per heavy atom. The van der Waals surface area contributed by atoms with E-state index < -0.39 is 11.5 Å². The van der Waals surface area contributed by atoms with E-state index in [-0.39, 0.29) is 31.2 Å². The van der Waals surface area contributed by atoms with Gasteiger partial charge in [0.2, 0.25) is 5.91 Å². The SMILES string of the molecule is O=C(CCSc1ccc(F)cc1)NC1(C(=O)O)CCOC1.